The van der Waals surface area contributed by atoms with E-state index in [0.717, 1.165) is 29.3 Å². The summed E-state index contributed by atoms with van der Waals surface area (Å²) in [6, 6.07) is 3.56. The Balaban J connectivity index is 1.98. The standard InChI is InChI=1S/C23H28ClN3O4S/c1-15(2)23(29)31-9-11-32-10-5-6-17-13-20(22(28)21(14-17)30-4)27(25)26-19-8-7-18(24)12-16(19)3/h7-8,12-14,28H,1,3,5-6,9-11,25H2,2,4H3/b26-19-. The van der Waals surface area contributed by atoms with E-state index in [4.69, 9.17) is 26.9 Å². The largest absolute Gasteiger partial charge is 0.503 e. The highest BCUT2D eigenvalue weighted by Crippen LogP contribution is 2.37. The van der Waals surface area contributed by atoms with Gasteiger partial charge in [-0.05, 0) is 67.0 Å². The Morgan fingerprint density at radius 1 is 1.34 bits per heavy atom. The number of methoxy groups -OCH3 is 1. The number of phenolic OH excluding ortho intramolecular Hbond substituents is 1. The number of nitrogens with zero attached hydrogens (tertiary/aromatic N) is 2. The molecule has 1 aromatic rings. The van der Waals surface area contributed by atoms with Crippen LogP contribution in [0.3, 0.4) is 0 Å². The summed E-state index contributed by atoms with van der Waals surface area (Å²) in [7, 11) is 1.48. The fraction of sp³-hybridized carbons (Fsp3) is 0.304. The van der Waals surface area contributed by atoms with E-state index in [1.54, 1.807) is 49.0 Å². The van der Waals surface area contributed by atoms with Gasteiger partial charge in [-0.15, -0.1) is 0 Å². The van der Waals surface area contributed by atoms with Crippen molar-refractivity contribution in [3.05, 3.63) is 65.3 Å². The number of hydrogen-bond acceptors (Lipinski definition) is 8. The number of esters is 1. The summed E-state index contributed by atoms with van der Waals surface area (Å²) < 4.78 is 10.4. The monoisotopic (exact) mass is 477 g/mol. The van der Waals surface area contributed by atoms with E-state index in [1.807, 2.05) is 0 Å². The van der Waals surface area contributed by atoms with E-state index < -0.39 is 0 Å². The van der Waals surface area contributed by atoms with Crippen molar-refractivity contribution in [3.8, 4) is 11.5 Å². The number of ether oxygens (including phenoxy) is 2. The lowest BCUT2D eigenvalue weighted by Gasteiger charge is -2.19. The predicted octanol–water partition coefficient (Wildman–Crippen LogP) is 4.47. The van der Waals surface area contributed by atoms with Crippen LogP contribution >= 0.6 is 23.4 Å². The van der Waals surface area contributed by atoms with Crippen molar-refractivity contribution in [1.29, 1.82) is 0 Å². The highest BCUT2D eigenvalue weighted by Gasteiger charge is 2.16. The summed E-state index contributed by atoms with van der Waals surface area (Å²) in [6.07, 6.45) is 6.71. The van der Waals surface area contributed by atoms with Crippen LogP contribution < -0.4 is 15.7 Å². The minimum Gasteiger partial charge on any atom is -0.503 e. The highest BCUT2D eigenvalue weighted by molar-refractivity contribution is 7.99. The van der Waals surface area contributed by atoms with Crippen LogP contribution in [-0.2, 0) is 16.0 Å². The highest BCUT2D eigenvalue weighted by atomic mass is 35.5. The second-order valence-electron chi connectivity index (χ2n) is 7.02. The molecule has 2 rings (SSSR count). The van der Waals surface area contributed by atoms with Crippen molar-refractivity contribution < 1.29 is 19.4 Å². The van der Waals surface area contributed by atoms with Gasteiger partial charge in [0.05, 0.1) is 12.8 Å². The smallest absolute Gasteiger partial charge is 0.333 e. The molecule has 3 N–H and O–H groups in total. The van der Waals surface area contributed by atoms with Gasteiger partial charge in [0.1, 0.15) is 12.3 Å². The number of aromatic hydroxyl groups is 1. The van der Waals surface area contributed by atoms with Crippen molar-refractivity contribution in [1.82, 2.24) is 0 Å². The number of nitrogens with two attached hydrogens (primary N) is 1. The molecule has 0 saturated heterocycles. The maximum Gasteiger partial charge on any atom is 0.333 e. The summed E-state index contributed by atoms with van der Waals surface area (Å²) in [5.41, 5.74) is 2.80. The second kappa shape index (κ2) is 12.4. The predicted molar refractivity (Wildman–Crippen MR) is 132 cm³/mol. The second-order valence-corrected chi connectivity index (χ2v) is 8.68. The van der Waals surface area contributed by atoms with Gasteiger partial charge in [0.2, 0.25) is 0 Å². The number of rotatable bonds is 11. The zero-order chi connectivity index (χ0) is 23.7. The van der Waals surface area contributed by atoms with Crippen molar-refractivity contribution >= 4 is 40.7 Å². The molecule has 1 aliphatic rings. The number of hydrazone groups is 1. The van der Waals surface area contributed by atoms with Crippen molar-refractivity contribution in [3.63, 3.8) is 0 Å². The van der Waals surface area contributed by atoms with Gasteiger partial charge in [0.15, 0.2) is 11.5 Å². The lowest BCUT2D eigenvalue weighted by molar-refractivity contribution is -0.138. The molecule has 0 bridgehead atoms. The van der Waals surface area contributed by atoms with Gasteiger partial charge in [0, 0.05) is 16.4 Å². The Hall–Kier alpha value is -2.68. The molecular formula is C23H28ClN3O4S. The van der Waals surface area contributed by atoms with Gasteiger partial charge >= 0.3 is 5.97 Å². The number of hydrogen-bond donors (Lipinski definition) is 2. The van der Waals surface area contributed by atoms with Crippen LogP contribution in [0.5, 0.6) is 11.5 Å². The van der Waals surface area contributed by atoms with E-state index >= 15 is 0 Å². The van der Waals surface area contributed by atoms with Gasteiger partial charge in [0.25, 0.3) is 0 Å². The maximum atomic E-state index is 11.3. The molecule has 0 radical (unpaired) electrons. The molecule has 0 spiro atoms. The first kappa shape index (κ1) is 25.6. The van der Waals surface area contributed by atoms with Crippen LogP contribution in [-0.4, -0.2) is 42.0 Å². The zero-order valence-electron chi connectivity index (χ0n) is 18.3. The fourth-order valence-corrected chi connectivity index (χ4v) is 3.69. The van der Waals surface area contributed by atoms with E-state index in [1.165, 1.54) is 7.11 Å². The number of aryl methyl sites for hydroxylation is 1. The topological polar surface area (TPSA) is 97.4 Å². The summed E-state index contributed by atoms with van der Waals surface area (Å²) in [5, 5.41) is 16.5. The molecule has 0 atom stereocenters. The first-order valence-corrected chi connectivity index (χ1v) is 11.4. The van der Waals surface area contributed by atoms with Gasteiger partial charge < -0.3 is 14.6 Å². The molecule has 1 aromatic carbocycles. The molecule has 32 heavy (non-hydrogen) atoms. The van der Waals surface area contributed by atoms with Crippen LogP contribution in [0.25, 0.3) is 0 Å². The third-order valence-electron chi connectivity index (χ3n) is 4.40. The number of allylic oxidation sites excluding steroid dienone is 5. The van der Waals surface area contributed by atoms with Crippen LogP contribution in [0.4, 0.5) is 5.69 Å². The lowest BCUT2D eigenvalue weighted by Crippen LogP contribution is -2.27. The Morgan fingerprint density at radius 2 is 2.09 bits per heavy atom. The number of benzene rings is 1. The summed E-state index contributed by atoms with van der Waals surface area (Å²) >= 11 is 7.66. The lowest BCUT2D eigenvalue weighted by atomic mass is 10.1. The minimum atomic E-state index is -0.365. The molecular weight excluding hydrogens is 450 g/mol. The quantitative estimate of drug-likeness (QED) is 0.159. The Bertz CT molecular complexity index is 972. The molecule has 0 unspecified atom stereocenters. The Labute approximate surface area is 197 Å². The van der Waals surface area contributed by atoms with Crippen LogP contribution in [0.15, 0.2) is 64.8 Å². The van der Waals surface area contributed by atoms with E-state index in [-0.39, 0.29) is 11.7 Å². The molecule has 0 fully saturated rings. The SMILES string of the molecule is C=C(C)C(=O)OCCSCCCc1cc(OC)c(O)c(N(N)/N=C2/C=CC(Cl)=CC2=C)c1. The number of carbonyl (C=O) groups is 1. The molecule has 0 aliphatic heterocycles. The van der Waals surface area contributed by atoms with Gasteiger partial charge in [-0.3, -0.25) is 0 Å². The number of anilines is 1. The van der Waals surface area contributed by atoms with Gasteiger partial charge in [-0.25, -0.2) is 10.6 Å². The Kier molecular flexibility index (Phi) is 9.90. The van der Waals surface area contributed by atoms with Crippen LogP contribution in [0.2, 0.25) is 0 Å². The Morgan fingerprint density at radius 3 is 2.75 bits per heavy atom. The van der Waals surface area contributed by atoms with Crippen molar-refractivity contribution in [2.75, 3.05) is 30.3 Å². The normalized spacial score (nSPS) is 14.3. The average Bonchev–Trinajstić information content (AvgIpc) is 2.75. The molecule has 0 heterocycles. The summed E-state index contributed by atoms with van der Waals surface area (Å²) in [6.45, 7) is 9.44. The zero-order valence-corrected chi connectivity index (χ0v) is 19.8. The first-order chi connectivity index (χ1) is 15.2. The van der Waals surface area contributed by atoms with Crippen LogP contribution in [0.1, 0.15) is 18.9 Å². The summed E-state index contributed by atoms with van der Waals surface area (Å²) in [5.74, 6) is 7.57. The number of halogens is 1. The van der Waals surface area contributed by atoms with E-state index in [2.05, 4.69) is 18.3 Å². The summed E-state index contributed by atoms with van der Waals surface area (Å²) in [4.78, 5) is 11.3. The van der Waals surface area contributed by atoms with Crippen molar-refractivity contribution in [2.45, 2.75) is 19.8 Å². The number of hydrazine groups is 1. The van der Waals surface area contributed by atoms with E-state index in [9.17, 15) is 9.90 Å². The fourth-order valence-electron chi connectivity index (χ4n) is 2.74. The van der Waals surface area contributed by atoms with Gasteiger partial charge in [-0.1, -0.05) is 24.8 Å². The van der Waals surface area contributed by atoms with Gasteiger partial charge in [-0.2, -0.15) is 22.0 Å². The minimum absolute atomic E-state index is 0.101. The van der Waals surface area contributed by atoms with Crippen LogP contribution in [0, 0.1) is 0 Å². The maximum absolute atomic E-state index is 11.3. The average molecular weight is 478 g/mol. The molecule has 0 amide bonds. The third kappa shape index (κ3) is 7.47. The molecule has 0 aromatic heterocycles. The number of thioether (sulfide) groups is 1. The molecule has 1 aliphatic carbocycles. The molecule has 172 valence electrons. The molecule has 0 saturated carbocycles. The third-order valence-corrected chi connectivity index (χ3v) is 5.67. The van der Waals surface area contributed by atoms with Crippen molar-refractivity contribution in [2.24, 2.45) is 10.9 Å². The molecule has 9 heteroatoms. The molecule has 7 nitrogen and oxygen atoms in total. The van der Waals surface area contributed by atoms with E-state index in [0.29, 0.717) is 45.7 Å². The number of carbonyl (C=O) groups excluding carboxylic acids is 1. The number of phenols is 1. The first-order valence-electron chi connectivity index (χ1n) is 9.91.